The number of aryl methyl sites for hydroxylation is 1. The summed E-state index contributed by atoms with van der Waals surface area (Å²) in [6.07, 6.45) is -4.80. The maximum Gasteiger partial charge on any atom is 0.573 e. The third-order valence-corrected chi connectivity index (χ3v) is 3.67. The molecule has 0 aliphatic carbocycles. The van der Waals surface area contributed by atoms with Crippen molar-refractivity contribution < 1.29 is 27.8 Å². The van der Waals surface area contributed by atoms with Gasteiger partial charge in [0.05, 0.1) is 16.8 Å². The summed E-state index contributed by atoms with van der Waals surface area (Å²) in [6.45, 7) is -0.301. The monoisotopic (exact) mass is 380 g/mol. The van der Waals surface area contributed by atoms with Gasteiger partial charge in [-0.15, -0.1) is 13.2 Å². The third kappa shape index (κ3) is 3.92. The van der Waals surface area contributed by atoms with Crippen molar-refractivity contribution in [2.24, 2.45) is 7.05 Å². The van der Waals surface area contributed by atoms with E-state index in [1.807, 2.05) is 0 Å². The van der Waals surface area contributed by atoms with Crippen LogP contribution in [0.3, 0.4) is 0 Å². The van der Waals surface area contributed by atoms with Gasteiger partial charge in [-0.3, -0.25) is 4.68 Å². The van der Waals surface area contributed by atoms with Gasteiger partial charge < -0.3 is 14.6 Å². The van der Waals surface area contributed by atoms with Crippen LogP contribution in [0.4, 0.5) is 13.2 Å². The Morgan fingerprint density at radius 1 is 1.27 bits per heavy atom. The fraction of sp³-hybridized carbons (Fsp3) is 0.308. The highest BCUT2D eigenvalue weighted by Gasteiger charge is 2.32. The number of hydrogen-bond donors (Lipinski definition) is 1. The molecular formula is C13H12BrF3N2O3. The Hall–Kier alpha value is -1.74. The second kappa shape index (κ2) is 6.57. The molecule has 0 radical (unpaired) electrons. The summed E-state index contributed by atoms with van der Waals surface area (Å²) in [7, 11) is 1.64. The molecule has 1 N–H and O–H groups in total. The minimum Gasteiger partial charge on any atom is -0.483 e. The van der Waals surface area contributed by atoms with Crippen LogP contribution < -0.4 is 9.47 Å². The molecule has 0 atom stereocenters. The number of nitrogens with zero attached hydrogens (tertiary/aromatic N) is 2. The number of alkyl halides is 3. The zero-order valence-corrected chi connectivity index (χ0v) is 13.0. The van der Waals surface area contributed by atoms with E-state index in [9.17, 15) is 18.3 Å². The Morgan fingerprint density at radius 2 is 1.91 bits per heavy atom. The molecule has 1 aromatic carbocycles. The van der Waals surface area contributed by atoms with E-state index < -0.39 is 12.1 Å². The Kier molecular flexibility index (Phi) is 4.97. The highest BCUT2D eigenvalue weighted by atomic mass is 79.9. The summed E-state index contributed by atoms with van der Waals surface area (Å²) in [6, 6.07) is 5.47. The molecule has 0 unspecified atom stereocenters. The second-order valence-corrected chi connectivity index (χ2v) is 5.07. The lowest BCUT2D eigenvalue weighted by Gasteiger charge is -2.13. The number of aliphatic hydroxyl groups is 1. The largest absolute Gasteiger partial charge is 0.573 e. The first-order valence-electron chi connectivity index (χ1n) is 6.10. The van der Waals surface area contributed by atoms with E-state index in [-0.39, 0.29) is 19.0 Å². The van der Waals surface area contributed by atoms with Crippen molar-refractivity contribution in [2.45, 2.75) is 19.6 Å². The van der Waals surface area contributed by atoms with Gasteiger partial charge in [-0.1, -0.05) is 12.1 Å². The van der Waals surface area contributed by atoms with Crippen LogP contribution in [0, 0.1) is 0 Å². The Bertz CT molecular complexity index is 658. The van der Waals surface area contributed by atoms with E-state index in [0.29, 0.717) is 15.9 Å². The van der Waals surface area contributed by atoms with Crippen molar-refractivity contribution in [2.75, 3.05) is 0 Å². The molecule has 0 aliphatic heterocycles. The number of rotatable bonds is 5. The van der Waals surface area contributed by atoms with E-state index >= 15 is 0 Å². The number of ether oxygens (including phenoxy) is 2. The third-order valence-electron chi connectivity index (χ3n) is 2.76. The summed E-state index contributed by atoms with van der Waals surface area (Å²) in [5.41, 5.74) is 0.992. The van der Waals surface area contributed by atoms with Crippen molar-refractivity contribution in [3.05, 3.63) is 40.1 Å². The fourth-order valence-electron chi connectivity index (χ4n) is 1.78. The van der Waals surface area contributed by atoms with Crippen LogP contribution in [0.5, 0.6) is 11.5 Å². The standard InChI is InChI=1S/C13H12BrF3N2O3/c1-19-9(6-20)12(14)8(18-19)7-21-10-4-2-3-5-11(10)22-13(15,16)17/h2-5,20H,6-7H2,1H3. The summed E-state index contributed by atoms with van der Waals surface area (Å²) >= 11 is 3.27. The van der Waals surface area contributed by atoms with E-state index in [4.69, 9.17) is 4.74 Å². The van der Waals surface area contributed by atoms with Crippen molar-refractivity contribution >= 4 is 15.9 Å². The Balaban J connectivity index is 2.15. The van der Waals surface area contributed by atoms with Crippen molar-refractivity contribution in [1.82, 2.24) is 9.78 Å². The molecule has 22 heavy (non-hydrogen) atoms. The van der Waals surface area contributed by atoms with E-state index in [0.717, 1.165) is 6.07 Å². The Morgan fingerprint density at radius 3 is 2.45 bits per heavy atom. The molecule has 1 aromatic heterocycles. The normalized spacial score (nSPS) is 11.5. The van der Waals surface area contributed by atoms with Gasteiger partial charge in [0.15, 0.2) is 11.5 Å². The molecule has 0 saturated carbocycles. The van der Waals surface area contributed by atoms with Crippen LogP contribution in [0.2, 0.25) is 0 Å². The lowest BCUT2D eigenvalue weighted by Crippen LogP contribution is -2.17. The molecule has 9 heteroatoms. The highest BCUT2D eigenvalue weighted by molar-refractivity contribution is 9.10. The molecule has 0 aliphatic rings. The SMILES string of the molecule is Cn1nc(COc2ccccc2OC(F)(F)F)c(Br)c1CO. The van der Waals surface area contributed by atoms with Crippen LogP contribution in [-0.2, 0) is 20.3 Å². The minimum absolute atomic E-state index is 0.0528. The average Bonchev–Trinajstić information content (AvgIpc) is 2.70. The van der Waals surface area contributed by atoms with Gasteiger partial charge in [0.2, 0.25) is 0 Å². The predicted octanol–water partition coefficient (Wildman–Crippen LogP) is 3.15. The van der Waals surface area contributed by atoms with Crippen LogP contribution >= 0.6 is 15.9 Å². The maximum absolute atomic E-state index is 12.3. The summed E-state index contributed by atoms with van der Waals surface area (Å²) in [5, 5.41) is 13.3. The van der Waals surface area contributed by atoms with Gasteiger partial charge >= 0.3 is 6.36 Å². The topological polar surface area (TPSA) is 56.5 Å². The van der Waals surface area contributed by atoms with Gasteiger partial charge in [0.25, 0.3) is 0 Å². The minimum atomic E-state index is -4.80. The maximum atomic E-state index is 12.3. The molecule has 2 aromatic rings. The molecule has 2 rings (SSSR count). The summed E-state index contributed by atoms with van der Waals surface area (Å²) < 4.78 is 48.2. The molecule has 5 nitrogen and oxygen atoms in total. The van der Waals surface area contributed by atoms with Crippen LogP contribution in [0.1, 0.15) is 11.4 Å². The number of para-hydroxylation sites is 2. The van der Waals surface area contributed by atoms with E-state index in [2.05, 4.69) is 25.8 Å². The lowest BCUT2D eigenvalue weighted by atomic mass is 10.3. The number of hydrogen-bond acceptors (Lipinski definition) is 4. The van der Waals surface area contributed by atoms with E-state index in [1.54, 1.807) is 7.05 Å². The van der Waals surface area contributed by atoms with Crippen LogP contribution in [0.25, 0.3) is 0 Å². The van der Waals surface area contributed by atoms with Gasteiger partial charge in [0.1, 0.15) is 12.3 Å². The molecule has 120 valence electrons. The average molecular weight is 381 g/mol. The van der Waals surface area contributed by atoms with Crippen molar-refractivity contribution in [1.29, 1.82) is 0 Å². The quantitative estimate of drug-likeness (QED) is 0.865. The highest BCUT2D eigenvalue weighted by Crippen LogP contribution is 2.32. The molecule has 0 bridgehead atoms. The van der Waals surface area contributed by atoms with Crippen LogP contribution in [0.15, 0.2) is 28.7 Å². The van der Waals surface area contributed by atoms with Crippen LogP contribution in [-0.4, -0.2) is 21.2 Å². The summed E-state index contributed by atoms with van der Waals surface area (Å²) in [4.78, 5) is 0. The van der Waals surface area contributed by atoms with Gasteiger partial charge in [0, 0.05) is 7.05 Å². The first-order chi connectivity index (χ1) is 10.3. The molecule has 0 spiro atoms. The van der Waals surface area contributed by atoms with Crippen molar-refractivity contribution in [3.63, 3.8) is 0 Å². The van der Waals surface area contributed by atoms with Gasteiger partial charge in [-0.25, -0.2) is 0 Å². The first-order valence-corrected chi connectivity index (χ1v) is 6.90. The first kappa shape index (κ1) is 16.6. The van der Waals surface area contributed by atoms with Gasteiger partial charge in [-0.05, 0) is 28.1 Å². The summed E-state index contributed by atoms with van der Waals surface area (Å²) in [5.74, 6) is -0.479. The zero-order chi connectivity index (χ0) is 16.3. The van der Waals surface area contributed by atoms with Gasteiger partial charge in [-0.2, -0.15) is 5.10 Å². The smallest absolute Gasteiger partial charge is 0.483 e. The Labute approximate surface area is 132 Å². The number of aliphatic hydroxyl groups excluding tert-OH is 1. The molecular weight excluding hydrogens is 369 g/mol. The lowest BCUT2D eigenvalue weighted by molar-refractivity contribution is -0.275. The molecule has 0 saturated heterocycles. The number of aromatic nitrogens is 2. The van der Waals surface area contributed by atoms with E-state index in [1.165, 1.54) is 22.9 Å². The fourth-order valence-corrected chi connectivity index (χ4v) is 2.36. The molecule has 0 fully saturated rings. The number of halogens is 4. The second-order valence-electron chi connectivity index (χ2n) is 4.27. The predicted molar refractivity (Wildman–Crippen MR) is 74.3 cm³/mol. The molecule has 0 amide bonds. The zero-order valence-electron chi connectivity index (χ0n) is 11.4. The molecule has 1 heterocycles. The number of benzene rings is 1. The van der Waals surface area contributed by atoms with Crippen molar-refractivity contribution in [3.8, 4) is 11.5 Å².